The fraction of sp³-hybridized carbons (Fsp3) is 0.455. The molecule has 0 saturated heterocycles. The average Bonchev–Trinajstić information content (AvgIpc) is 2.30. The van der Waals surface area contributed by atoms with Crippen LogP contribution in [0.2, 0.25) is 0 Å². The van der Waals surface area contributed by atoms with Crippen LogP contribution in [0.25, 0.3) is 0 Å². The van der Waals surface area contributed by atoms with Gasteiger partial charge in [-0.2, -0.15) is 11.8 Å². The molecule has 1 N–H and O–H groups in total. The second-order valence-corrected chi connectivity index (χ2v) is 4.14. The highest BCUT2D eigenvalue weighted by Crippen LogP contribution is 1.99. The number of nitrogens with one attached hydrogen (secondary N) is 1. The summed E-state index contributed by atoms with van der Waals surface area (Å²) in [6.45, 7) is 1.70. The molecule has 0 spiro atoms. The van der Waals surface area contributed by atoms with E-state index in [4.69, 9.17) is 0 Å². The molecule has 0 saturated carbocycles. The Hall–Kier alpha value is -0.870. The standard InChI is InChI=1S/C11H16N2OS/c1-15-8-7-12-6-4-11(14)10-3-2-5-13-9-10/h2-3,5,9,12H,4,6-8H2,1H3. The fourth-order valence-corrected chi connectivity index (χ4v) is 1.52. The van der Waals surface area contributed by atoms with Gasteiger partial charge >= 0.3 is 0 Å². The van der Waals surface area contributed by atoms with Gasteiger partial charge in [-0.3, -0.25) is 9.78 Å². The molecular formula is C11H16N2OS. The summed E-state index contributed by atoms with van der Waals surface area (Å²) in [5.74, 6) is 1.24. The summed E-state index contributed by atoms with van der Waals surface area (Å²) >= 11 is 1.80. The van der Waals surface area contributed by atoms with E-state index in [1.165, 1.54) is 0 Å². The number of carbonyl (C=O) groups is 1. The quantitative estimate of drug-likeness (QED) is 0.564. The maximum atomic E-state index is 11.6. The Bertz CT molecular complexity index is 290. The number of thioether (sulfide) groups is 1. The Morgan fingerprint density at radius 2 is 2.40 bits per heavy atom. The number of hydrogen-bond acceptors (Lipinski definition) is 4. The SMILES string of the molecule is CSCCNCCC(=O)c1cccnc1. The van der Waals surface area contributed by atoms with Gasteiger partial charge in [-0.15, -0.1) is 0 Å². The minimum atomic E-state index is 0.153. The van der Waals surface area contributed by atoms with Crippen molar-refractivity contribution in [2.24, 2.45) is 0 Å². The molecule has 0 atom stereocenters. The molecule has 4 heteroatoms. The van der Waals surface area contributed by atoms with E-state index in [0.717, 1.165) is 18.8 Å². The fourth-order valence-electron chi connectivity index (χ4n) is 1.17. The number of aromatic nitrogens is 1. The zero-order valence-electron chi connectivity index (χ0n) is 8.90. The van der Waals surface area contributed by atoms with Gasteiger partial charge in [0.2, 0.25) is 0 Å². The van der Waals surface area contributed by atoms with Crippen molar-refractivity contribution in [2.75, 3.05) is 25.1 Å². The van der Waals surface area contributed by atoms with Crippen molar-refractivity contribution in [1.82, 2.24) is 10.3 Å². The van der Waals surface area contributed by atoms with Crippen molar-refractivity contribution in [3.63, 3.8) is 0 Å². The van der Waals surface area contributed by atoms with Crippen LogP contribution in [-0.4, -0.2) is 35.9 Å². The van der Waals surface area contributed by atoms with Gasteiger partial charge in [-0.1, -0.05) is 0 Å². The average molecular weight is 224 g/mol. The maximum absolute atomic E-state index is 11.6. The molecule has 0 aromatic carbocycles. The smallest absolute Gasteiger partial charge is 0.165 e. The first-order valence-corrected chi connectivity index (χ1v) is 6.37. The lowest BCUT2D eigenvalue weighted by atomic mass is 10.1. The van der Waals surface area contributed by atoms with Gasteiger partial charge < -0.3 is 5.32 Å². The lowest BCUT2D eigenvalue weighted by Crippen LogP contribution is -2.20. The van der Waals surface area contributed by atoms with Gasteiger partial charge in [0.1, 0.15) is 0 Å². The number of rotatable bonds is 7. The minimum absolute atomic E-state index is 0.153. The zero-order valence-corrected chi connectivity index (χ0v) is 9.72. The van der Waals surface area contributed by atoms with E-state index in [1.807, 2.05) is 0 Å². The largest absolute Gasteiger partial charge is 0.315 e. The van der Waals surface area contributed by atoms with Crippen molar-refractivity contribution in [1.29, 1.82) is 0 Å². The van der Waals surface area contributed by atoms with E-state index in [2.05, 4.69) is 16.6 Å². The van der Waals surface area contributed by atoms with E-state index in [1.54, 1.807) is 36.3 Å². The highest BCUT2D eigenvalue weighted by molar-refractivity contribution is 7.98. The first-order valence-electron chi connectivity index (χ1n) is 4.97. The van der Waals surface area contributed by atoms with Crippen LogP contribution >= 0.6 is 11.8 Å². The van der Waals surface area contributed by atoms with Crippen LogP contribution in [0.1, 0.15) is 16.8 Å². The van der Waals surface area contributed by atoms with Gasteiger partial charge in [0.15, 0.2) is 5.78 Å². The molecular weight excluding hydrogens is 208 g/mol. The predicted octanol–water partition coefficient (Wildman–Crippen LogP) is 1.61. The van der Waals surface area contributed by atoms with Crippen LogP contribution in [0.4, 0.5) is 0 Å². The molecule has 15 heavy (non-hydrogen) atoms. The van der Waals surface area contributed by atoms with Gasteiger partial charge in [-0.05, 0) is 18.4 Å². The number of pyridine rings is 1. The molecule has 0 fully saturated rings. The van der Waals surface area contributed by atoms with Crippen molar-refractivity contribution < 1.29 is 4.79 Å². The Morgan fingerprint density at radius 1 is 1.53 bits per heavy atom. The van der Waals surface area contributed by atoms with Crippen LogP contribution in [0.5, 0.6) is 0 Å². The Morgan fingerprint density at radius 3 is 3.07 bits per heavy atom. The summed E-state index contributed by atoms with van der Waals surface area (Å²) in [5, 5.41) is 3.22. The molecule has 0 bridgehead atoms. The van der Waals surface area contributed by atoms with E-state index in [9.17, 15) is 4.79 Å². The first kappa shape index (κ1) is 12.2. The highest BCUT2D eigenvalue weighted by Gasteiger charge is 2.03. The highest BCUT2D eigenvalue weighted by atomic mass is 32.2. The molecule has 82 valence electrons. The van der Waals surface area contributed by atoms with E-state index in [-0.39, 0.29) is 5.78 Å². The van der Waals surface area contributed by atoms with Crippen molar-refractivity contribution >= 4 is 17.5 Å². The van der Waals surface area contributed by atoms with E-state index in [0.29, 0.717) is 12.0 Å². The second kappa shape index (κ2) is 7.43. The molecule has 1 heterocycles. The number of hydrogen-bond donors (Lipinski definition) is 1. The molecule has 1 aromatic heterocycles. The molecule has 0 aliphatic carbocycles. The summed E-state index contributed by atoms with van der Waals surface area (Å²) in [4.78, 5) is 15.5. The Labute approximate surface area is 94.7 Å². The van der Waals surface area contributed by atoms with Crippen LogP contribution in [0.15, 0.2) is 24.5 Å². The Kier molecular flexibility index (Phi) is 6.04. The van der Waals surface area contributed by atoms with E-state index < -0.39 is 0 Å². The molecule has 0 aliphatic rings. The van der Waals surface area contributed by atoms with Crippen molar-refractivity contribution in [3.8, 4) is 0 Å². The topological polar surface area (TPSA) is 42.0 Å². The summed E-state index contributed by atoms with van der Waals surface area (Å²) in [5.41, 5.74) is 0.698. The van der Waals surface area contributed by atoms with Gasteiger partial charge in [0.05, 0.1) is 0 Å². The Balaban J connectivity index is 2.20. The second-order valence-electron chi connectivity index (χ2n) is 3.16. The molecule has 0 aliphatic heterocycles. The van der Waals surface area contributed by atoms with Crippen molar-refractivity contribution in [3.05, 3.63) is 30.1 Å². The van der Waals surface area contributed by atoms with Crippen LogP contribution < -0.4 is 5.32 Å². The van der Waals surface area contributed by atoms with Gasteiger partial charge in [-0.25, -0.2) is 0 Å². The first-order chi connectivity index (χ1) is 7.34. The summed E-state index contributed by atoms with van der Waals surface area (Å²) in [7, 11) is 0. The monoisotopic (exact) mass is 224 g/mol. The molecule has 1 aromatic rings. The number of Topliss-reactive ketones (excluding diaryl/α,β-unsaturated/α-hetero) is 1. The van der Waals surface area contributed by atoms with Crippen LogP contribution in [-0.2, 0) is 0 Å². The predicted molar refractivity (Wildman–Crippen MR) is 64.4 cm³/mol. The van der Waals surface area contributed by atoms with Gasteiger partial charge in [0.25, 0.3) is 0 Å². The van der Waals surface area contributed by atoms with Crippen LogP contribution in [0, 0.1) is 0 Å². The molecule has 0 unspecified atom stereocenters. The number of ketones is 1. The molecule has 1 rings (SSSR count). The zero-order chi connectivity index (χ0) is 10.9. The minimum Gasteiger partial charge on any atom is -0.315 e. The van der Waals surface area contributed by atoms with Gasteiger partial charge in [0, 0.05) is 43.2 Å². The normalized spacial score (nSPS) is 10.2. The maximum Gasteiger partial charge on any atom is 0.165 e. The number of nitrogens with zero attached hydrogens (tertiary/aromatic N) is 1. The summed E-state index contributed by atoms with van der Waals surface area (Å²) in [6.07, 6.45) is 5.90. The summed E-state index contributed by atoms with van der Waals surface area (Å²) < 4.78 is 0. The number of carbonyl (C=O) groups excluding carboxylic acids is 1. The molecule has 3 nitrogen and oxygen atoms in total. The third kappa shape index (κ3) is 4.95. The lowest BCUT2D eigenvalue weighted by Gasteiger charge is -2.02. The van der Waals surface area contributed by atoms with Crippen LogP contribution in [0.3, 0.4) is 0 Å². The molecule has 0 radical (unpaired) electrons. The van der Waals surface area contributed by atoms with Crippen molar-refractivity contribution in [2.45, 2.75) is 6.42 Å². The van der Waals surface area contributed by atoms with E-state index >= 15 is 0 Å². The lowest BCUT2D eigenvalue weighted by molar-refractivity contribution is 0.0982. The molecule has 0 amide bonds. The summed E-state index contributed by atoms with van der Waals surface area (Å²) in [6, 6.07) is 3.59. The third-order valence-electron chi connectivity index (χ3n) is 2.00. The third-order valence-corrected chi connectivity index (χ3v) is 2.61.